The summed E-state index contributed by atoms with van der Waals surface area (Å²) in [4.78, 5) is 2.34. The van der Waals surface area contributed by atoms with Crippen LogP contribution in [0, 0.1) is 5.82 Å². The molecule has 1 aromatic carbocycles. The molecule has 100 valence electrons. The van der Waals surface area contributed by atoms with Gasteiger partial charge in [-0.2, -0.15) is 0 Å². The third-order valence-electron chi connectivity index (χ3n) is 3.60. The van der Waals surface area contributed by atoms with E-state index < -0.39 is 0 Å². The highest BCUT2D eigenvalue weighted by atomic mass is 79.9. The number of halogens is 2. The van der Waals surface area contributed by atoms with E-state index in [9.17, 15) is 4.39 Å². The highest BCUT2D eigenvalue weighted by Gasteiger charge is 2.17. The quantitative estimate of drug-likeness (QED) is 0.922. The minimum absolute atomic E-state index is 0.163. The zero-order chi connectivity index (χ0) is 13.0. The van der Waals surface area contributed by atoms with Crippen molar-refractivity contribution >= 4 is 15.9 Å². The molecule has 1 fully saturated rings. The van der Waals surface area contributed by atoms with Gasteiger partial charge in [0.15, 0.2) is 0 Å². The van der Waals surface area contributed by atoms with Gasteiger partial charge in [-0.25, -0.2) is 4.39 Å². The van der Waals surface area contributed by atoms with Gasteiger partial charge in [-0.05, 0) is 63.2 Å². The fourth-order valence-corrected chi connectivity index (χ4v) is 2.88. The predicted molar refractivity (Wildman–Crippen MR) is 76.1 cm³/mol. The van der Waals surface area contributed by atoms with Crippen LogP contribution in [0.2, 0.25) is 0 Å². The molecule has 0 aliphatic carbocycles. The van der Waals surface area contributed by atoms with Gasteiger partial charge < -0.3 is 5.32 Å². The van der Waals surface area contributed by atoms with Crippen LogP contribution in [0.4, 0.5) is 4.39 Å². The molecule has 0 saturated carbocycles. The van der Waals surface area contributed by atoms with Crippen molar-refractivity contribution in [3.63, 3.8) is 0 Å². The van der Waals surface area contributed by atoms with E-state index in [1.165, 1.54) is 25.3 Å². The summed E-state index contributed by atoms with van der Waals surface area (Å²) < 4.78 is 14.2. The van der Waals surface area contributed by atoms with Crippen molar-refractivity contribution in [2.24, 2.45) is 0 Å². The molecule has 1 atom stereocenters. The fraction of sp³-hybridized carbons (Fsp3) is 0.571. The lowest BCUT2D eigenvalue weighted by molar-refractivity contribution is 0.216. The first-order valence-corrected chi connectivity index (χ1v) is 7.31. The standard InChI is InChI=1S/C14H20BrFN2/c1-18(13-3-2-7-17-8-6-13)10-11-9-12(16)4-5-14(11)15/h4-5,9,13,17H,2-3,6-8,10H2,1H3. The van der Waals surface area contributed by atoms with E-state index in [1.54, 1.807) is 12.1 Å². The predicted octanol–water partition coefficient (Wildman–Crippen LogP) is 3.16. The summed E-state index contributed by atoms with van der Waals surface area (Å²) in [5.74, 6) is -0.163. The van der Waals surface area contributed by atoms with Gasteiger partial charge in [-0.15, -0.1) is 0 Å². The molecular weight excluding hydrogens is 295 g/mol. The first-order valence-electron chi connectivity index (χ1n) is 6.51. The average molecular weight is 315 g/mol. The Kier molecular flexibility index (Phi) is 5.15. The van der Waals surface area contributed by atoms with Crippen LogP contribution >= 0.6 is 15.9 Å². The van der Waals surface area contributed by atoms with Crippen molar-refractivity contribution in [1.82, 2.24) is 10.2 Å². The molecule has 2 rings (SSSR count). The maximum atomic E-state index is 13.3. The third kappa shape index (κ3) is 3.77. The van der Waals surface area contributed by atoms with Crippen LogP contribution in [-0.4, -0.2) is 31.1 Å². The first-order chi connectivity index (χ1) is 8.66. The van der Waals surface area contributed by atoms with Crippen LogP contribution in [0.1, 0.15) is 24.8 Å². The summed E-state index contributed by atoms with van der Waals surface area (Å²) in [6.07, 6.45) is 3.61. The summed E-state index contributed by atoms with van der Waals surface area (Å²) in [6.45, 7) is 3.00. The second-order valence-electron chi connectivity index (χ2n) is 4.99. The topological polar surface area (TPSA) is 15.3 Å². The molecule has 0 aromatic heterocycles. The molecule has 1 N–H and O–H groups in total. The van der Waals surface area contributed by atoms with E-state index in [4.69, 9.17) is 0 Å². The molecule has 0 radical (unpaired) electrons. The number of hydrogen-bond donors (Lipinski definition) is 1. The van der Waals surface area contributed by atoms with Crippen molar-refractivity contribution in [3.8, 4) is 0 Å². The fourth-order valence-electron chi connectivity index (χ4n) is 2.50. The Morgan fingerprint density at radius 2 is 2.22 bits per heavy atom. The van der Waals surface area contributed by atoms with Crippen LogP contribution in [0.5, 0.6) is 0 Å². The maximum Gasteiger partial charge on any atom is 0.123 e. The lowest BCUT2D eigenvalue weighted by Crippen LogP contribution is -2.32. The van der Waals surface area contributed by atoms with Crippen LogP contribution in [0.25, 0.3) is 0 Å². The molecule has 1 aliphatic heterocycles. The molecule has 1 saturated heterocycles. The summed E-state index contributed by atoms with van der Waals surface area (Å²) >= 11 is 3.49. The summed E-state index contributed by atoms with van der Waals surface area (Å²) in [5, 5.41) is 3.42. The van der Waals surface area contributed by atoms with Gasteiger partial charge in [-0.3, -0.25) is 4.90 Å². The van der Waals surface area contributed by atoms with Gasteiger partial charge in [0.2, 0.25) is 0 Å². The van der Waals surface area contributed by atoms with Crippen LogP contribution < -0.4 is 5.32 Å². The molecule has 1 unspecified atom stereocenters. The van der Waals surface area contributed by atoms with Crippen LogP contribution in [0.15, 0.2) is 22.7 Å². The number of rotatable bonds is 3. The number of nitrogens with one attached hydrogen (secondary N) is 1. The van der Waals surface area contributed by atoms with Gasteiger partial charge >= 0.3 is 0 Å². The molecule has 1 aromatic rings. The van der Waals surface area contributed by atoms with E-state index >= 15 is 0 Å². The normalized spacial score (nSPS) is 21.0. The Morgan fingerprint density at radius 1 is 1.39 bits per heavy atom. The van der Waals surface area contributed by atoms with E-state index in [0.717, 1.165) is 29.7 Å². The Morgan fingerprint density at radius 3 is 3.06 bits per heavy atom. The maximum absolute atomic E-state index is 13.3. The molecule has 0 spiro atoms. The molecular formula is C14H20BrFN2. The van der Waals surface area contributed by atoms with Crippen molar-refractivity contribution < 1.29 is 4.39 Å². The Balaban J connectivity index is 2.00. The smallest absolute Gasteiger partial charge is 0.123 e. The van der Waals surface area contributed by atoms with Gasteiger partial charge in [0.05, 0.1) is 0 Å². The second kappa shape index (κ2) is 6.64. The van der Waals surface area contributed by atoms with E-state index in [2.05, 4.69) is 33.2 Å². The number of benzene rings is 1. The minimum atomic E-state index is -0.163. The largest absolute Gasteiger partial charge is 0.317 e. The zero-order valence-electron chi connectivity index (χ0n) is 10.8. The summed E-state index contributed by atoms with van der Waals surface area (Å²) in [5.41, 5.74) is 1.02. The number of nitrogens with zero attached hydrogens (tertiary/aromatic N) is 1. The monoisotopic (exact) mass is 314 g/mol. The summed E-state index contributed by atoms with van der Waals surface area (Å²) in [7, 11) is 2.13. The second-order valence-corrected chi connectivity index (χ2v) is 5.84. The molecule has 0 bridgehead atoms. The van der Waals surface area contributed by atoms with Gasteiger partial charge in [-0.1, -0.05) is 15.9 Å². The molecule has 0 amide bonds. The lowest BCUT2D eigenvalue weighted by atomic mass is 10.1. The zero-order valence-corrected chi connectivity index (χ0v) is 12.3. The summed E-state index contributed by atoms with van der Waals surface area (Å²) in [6, 6.07) is 5.49. The van der Waals surface area contributed by atoms with E-state index in [-0.39, 0.29) is 5.82 Å². The molecule has 18 heavy (non-hydrogen) atoms. The molecule has 4 heteroatoms. The minimum Gasteiger partial charge on any atom is -0.317 e. The third-order valence-corrected chi connectivity index (χ3v) is 4.37. The molecule has 1 heterocycles. The Bertz CT molecular complexity index is 389. The molecule has 2 nitrogen and oxygen atoms in total. The van der Waals surface area contributed by atoms with Crippen molar-refractivity contribution in [2.45, 2.75) is 31.8 Å². The number of hydrogen-bond acceptors (Lipinski definition) is 2. The highest BCUT2D eigenvalue weighted by molar-refractivity contribution is 9.10. The average Bonchev–Trinajstić information content (AvgIpc) is 2.62. The highest BCUT2D eigenvalue weighted by Crippen LogP contribution is 2.21. The van der Waals surface area contributed by atoms with E-state index in [1.807, 2.05) is 0 Å². The van der Waals surface area contributed by atoms with Crippen molar-refractivity contribution in [2.75, 3.05) is 20.1 Å². The van der Waals surface area contributed by atoms with Crippen LogP contribution in [-0.2, 0) is 6.54 Å². The van der Waals surface area contributed by atoms with Crippen molar-refractivity contribution in [3.05, 3.63) is 34.1 Å². The SMILES string of the molecule is CN(Cc1cc(F)ccc1Br)C1CCCNCC1. The van der Waals surface area contributed by atoms with Gasteiger partial charge in [0, 0.05) is 17.1 Å². The van der Waals surface area contributed by atoms with Gasteiger partial charge in [0.25, 0.3) is 0 Å². The molecule has 1 aliphatic rings. The Labute approximate surface area is 117 Å². The lowest BCUT2D eigenvalue weighted by Gasteiger charge is -2.27. The Hall–Kier alpha value is -0.450. The van der Waals surface area contributed by atoms with Crippen LogP contribution in [0.3, 0.4) is 0 Å². The van der Waals surface area contributed by atoms with Crippen molar-refractivity contribution in [1.29, 1.82) is 0 Å². The van der Waals surface area contributed by atoms with E-state index in [0.29, 0.717) is 6.04 Å². The van der Waals surface area contributed by atoms with Gasteiger partial charge in [0.1, 0.15) is 5.82 Å². The first kappa shape index (κ1) is 14.0.